The molecule has 2 rings (SSSR count). The molecule has 0 aliphatic carbocycles. The van der Waals surface area contributed by atoms with E-state index in [0.29, 0.717) is 5.56 Å². The highest BCUT2D eigenvalue weighted by molar-refractivity contribution is 5.82. The molecule has 2 aromatic rings. The Morgan fingerprint density at radius 1 is 1.33 bits per heavy atom. The van der Waals surface area contributed by atoms with Crippen molar-refractivity contribution in [1.29, 1.82) is 0 Å². The lowest BCUT2D eigenvalue weighted by molar-refractivity contribution is -0.117. The molecule has 0 spiro atoms. The van der Waals surface area contributed by atoms with Crippen molar-refractivity contribution in [2.24, 2.45) is 5.73 Å². The standard InChI is InChI=1S/C14H16N2O2/c1-9(2)16-12-6-4-3-5-10(12)7-11(14(16)18)8-13(15)17/h3-7,9H,8H2,1-2H3,(H2,15,17). The van der Waals surface area contributed by atoms with Gasteiger partial charge in [-0.2, -0.15) is 0 Å². The summed E-state index contributed by atoms with van der Waals surface area (Å²) in [5.41, 5.74) is 6.37. The molecule has 2 N–H and O–H groups in total. The van der Waals surface area contributed by atoms with Crippen LogP contribution in [0.4, 0.5) is 0 Å². The minimum Gasteiger partial charge on any atom is -0.369 e. The number of para-hydroxylation sites is 1. The summed E-state index contributed by atoms with van der Waals surface area (Å²) in [7, 11) is 0. The van der Waals surface area contributed by atoms with E-state index >= 15 is 0 Å². The van der Waals surface area contributed by atoms with Crippen LogP contribution in [0.2, 0.25) is 0 Å². The lowest BCUT2D eigenvalue weighted by Crippen LogP contribution is -2.28. The third kappa shape index (κ3) is 2.14. The molecule has 0 atom stereocenters. The quantitative estimate of drug-likeness (QED) is 0.891. The summed E-state index contributed by atoms with van der Waals surface area (Å²) in [4.78, 5) is 23.3. The Morgan fingerprint density at radius 2 is 2.00 bits per heavy atom. The Labute approximate surface area is 105 Å². The first-order valence-corrected chi connectivity index (χ1v) is 5.92. The van der Waals surface area contributed by atoms with Crippen molar-refractivity contribution in [3.05, 3.63) is 46.2 Å². The fraction of sp³-hybridized carbons (Fsp3) is 0.286. The van der Waals surface area contributed by atoms with Gasteiger partial charge in [0.15, 0.2) is 0 Å². The largest absolute Gasteiger partial charge is 0.369 e. The van der Waals surface area contributed by atoms with E-state index in [-0.39, 0.29) is 18.0 Å². The first-order chi connectivity index (χ1) is 8.50. The molecule has 1 aromatic heterocycles. The van der Waals surface area contributed by atoms with Crippen LogP contribution < -0.4 is 11.3 Å². The van der Waals surface area contributed by atoms with Gasteiger partial charge in [0.2, 0.25) is 5.91 Å². The summed E-state index contributed by atoms with van der Waals surface area (Å²) in [5, 5.41) is 0.946. The van der Waals surface area contributed by atoms with E-state index in [0.717, 1.165) is 10.9 Å². The minimum atomic E-state index is -0.488. The lowest BCUT2D eigenvalue weighted by Gasteiger charge is -2.15. The van der Waals surface area contributed by atoms with Crippen LogP contribution in [0.3, 0.4) is 0 Å². The summed E-state index contributed by atoms with van der Waals surface area (Å²) in [5.74, 6) is -0.488. The van der Waals surface area contributed by atoms with E-state index in [4.69, 9.17) is 5.73 Å². The van der Waals surface area contributed by atoms with E-state index in [1.54, 1.807) is 10.6 Å². The van der Waals surface area contributed by atoms with Gasteiger partial charge in [-0.25, -0.2) is 0 Å². The number of nitrogens with two attached hydrogens (primary N) is 1. The number of hydrogen-bond donors (Lipinski definition) is 1. The van der Waals surface area contributed by atoms with Crippen molar-refractivity contribution in [2.45, 2.75) is 26.3 Å². The zero-order valence-corrected chi connectivity index (χ0v) is 10.5. The monoisotopic (exact) mass is 244 g/mol. The van der Waals surface area contributed by atoms with Crippen molar-refractivity contribution >= 4 is 16.8 Å². The number of aromatic nitrogens is 1. The first-order valence-electron chi connectivity index (χ1n) is 5.92. The Kier molecular flexibility index (Phi) is 3.19. The smallest absolute Gasteiger partial charge is 0.254 e. The number of hydrogen-bond acceptors (Lipinski definition) is 2. The summed E-state index contributed by atoms with van der Waals surface area (Å²) < 4.78 is 1.70. The van der Waals surface area contributed by atoms with Crippen LogP contribution in [-0.4, -0.2) is 10.5 Å². The number of primary amides is 1. The second-order valence-electron chi connectivity index (χ2n) is 4.64. The average Bonchev–Trinajstić information content (AvgIpc) is 2.29. The summed E-state index contributed by atoms with van der Waals surface area (Å²) in [6, 6.07) is 9.43. The average molecular weight is 244 g/mol. The van der Waals surface area contributed by atoms with Gasteiger partial charge in [-0.1, -0.05) is 18.2 Å². The number of carbonyl (C=O) groups excluding carboxylic acids is 1. The lowest BCUT2D eigenvalue weighted by atomic mass is 10.1. The molecule has 94 valence electrons. The number of amides is 1. The highest BCUT2D eigenvalue weighted by Crippen LogP contribution is 2.17. The third-order valence-electron chi connectivity index (χ3n) is 2.90. The number of rotatable bonds is 3. The normalized spacial score (nSPS) is 11.1. The van der Waals surface area contributed by atoms with E-state index in [1.807, 2.05) is 38.1 Å². The topological polar surface area (TPSA) is 65.1 Å². The maximum absolute atomic E-state index is 12.3. The van der Waals surface area contributed by atoms with Crippen LogP contribution in [0, 0.1) is 0 Å². The maximum atomic E-state index is 12.3. The highest BCUT2D eigenvalue weighted by Gasteiger charge is 2.12. The number of nitrogens with zero attached hydrogens (tertiary/aromatic N) is 1. The fourth-order valence-electron chi connectivity index (χ4n) is 2.17. The molecule has 0 aliphatic heterocycles. The van der Waals surface area contributed by atoms with Gasteiger partial charge in [0, 0.05) is 11.6 Å². The Bertz CT molecular complexity index is 656. The predicted molar refractivity (Wildman–Crippen MR) is 71.5 cm³/mol. The van der Waals surface area contributed by atoms with E-state index in [9.17, 15) is 9.59 Å². The second-order valence-corrected chi connectivity index (χ2v) is 4.64. The Morgan fingerprint density at radius 3 is 2.61 bits per heavy atom. The predicted octanol–water partition coefficient (Wildman–Crippen LogP) is 1.61. The molecule has 1 amide bonds. The van der Waals surface area contributed by atoms with Crippen molar-refractivity contribution in [1.82, 2.24) is 4.57 Å². The van der Waals surface area contributed by atoms with Crippen LogP contribution in [0.1, 0.15) is 25.5 Å². The molecular formula is C14H16N2O2. The first kappa shape index (κ1) is 12.4. The molecule has 0 fully saturated rings. The van der Waals surface area contributed by atoms with Crippen LogP contribution >= 0.6 is 0 Å². The van der Waals surface area contributed by atoms with Crippen molar-refractivity contribution in [3.63, 3.8) is 0 Å². The number of carbonyl (C=O) groups is 1. The van der Waals surface area contributed by atoms with Crippen LogP contribution in [0.5, 0.6) is 0 Å². The van der Waals surface area contributed by atoms with E-state index in [2.05, 4.69) is 0 Å². The SMILES string of the molecule is CC(C)n1c(=O)c(CC(N)=O)cc2ccccc21. The van der Waals surface area contributed by atoms with Crippen molar-refractivity contribution in [2.75, 3.05) is 0 Å². The molecule has 4 nitrogen and oxygen atoms in total. The molecule has 1 heterocycles. The molecule has 18 heavy (non-hydrogen) atoms. The highest BCUT2D eigenvalue weighted by atomic mass is 16.1. The third-order valence-corrected chi connectivity index (χ3v) is 2.90. The molecule has 0 bridgehead atoms. The second kappa shape index (κ2) is 4.64. The van der Waals surface area contributed by atoms with Gasteiger partial charge in [-0.05, 0) is 31.4 Å². The van der Waals surface area contributed by atoms with Crippen molar-refractivity contribution < 1.29 is 4.79 Å². The molecule has 0 radical (unpaired) electrons. The van der Waals surface area contributed by atoms with Gasteiger partial charge in [0.25, 0.3) is 5.56 Å². The summed E-state index contributed by atoms with van der Waals surface area (Å²) >= 11 is 0. The van der Waals surface area contributed by atoms with Gasteiger partial charge in [0.1, 0.15) is 0 Å². The molecule has 0 saturated heterocycles. The maximum Gasteiger partial charge on any atom is 0.254 e. The van der Waals surface area contributed by atoms with Gasteiger partial charge in [-0.3, -0.25) is 9.59 Å². The van der Waals surface area contributed by atoms with Crippen LogP contribution in [0.25, 0.3) is 10.9 Å². The van der Waals surface area contributed by atoms with Gasteiger partial charge in [0.05, 0.1) is 11.9 Å². The molecule has 0 unspecified atom stereocenters. The fourth-order valence-corrected chi connectivity index (χ4v) is 2.17. The zero-order chi connectivity index (χ0) is 13.3. The van der Waals surface area contributed by atoms with Gasteiger partial charge < -0.3 is 10.3 Å². The summed E-state index contributed by atoms with van der Waals surface area (Å²) in [6.45, 7) is 3.89. The van der Waals surface area contributed by atoms with Crippen LogP contribution in [-0.2, 0) is 11.2 Å². The minimum absolute atomic E-state index is 0.0175. The van der Waals surface area contributed by atoms with Crippen molar-refractivity contribution in [3.8, 4) is 0 Å². The van der Waals surface area contributed by atoms with Gasteiger partial charge >= 0.3 is 0 Å². The molecule has 1 aromatic carbocycles. The Balaban J connectivity index is 2.79. The molecular weight excluding hydrogens is 228 g/mol. The molecule has 0 saturated carbocycles. The Hall–Kier alpha value is -2.10. The molecule has 4 heteroatoms. The summed E-state index contributed by atoms with van der Waals surface area (Å²) in [6.07, 6.45) is -0.0175. The zero-order valence-electron chi connectivity index (χ0n) is 10.5. The van der Waals surface area contributed by atoms with Crippen LogP contribution in [0.15, 0.2) is 35.1 Å². The van der Waals surface area contributed by atoms with E-state index < -0.39 is 5.91 Å². The number of benzene rings is 1. The van der Waals surface area contributed by atoms with Gasteiger partial charge in [-0.15, -0.1) is 0 Å². The van der Waals surface area contributed by atoms with E-state index in [1.165, 1.54) is 0 Å². The molecule has 0 aliphatic rings. The number of pyridine rings is 1. The number of fused-ring (bicyclic) bond motifs is 1.